The van der Waals surface area contributed by atoms with Crippen LogP contribution in [0.2, 0.25) is 0 Å². The van der Waals surface area contributed by atoms with Gasteiger partial charge in [-0.3, -0.25) is 19.8 Å². The van der Waals surface area contributed by atoms with Crippen LogP contribution in [-0.2, 0) is 27.4 Å². The monoisotopic (exact) mass is 513 g/mol. The number of carbonyl (C=O) groups is 3. The molecule has 2 aliphatic rings. The van der Waals surface area contributed by atoms with E-state index in [1.807, 2.05) is 24.3 Å². The molecule has 38 heavy (non-hydrogen) atoms. The van der Waals surface area contributed by atoms with Gasteiger partial charge >= 0.3 is 0 Å². The molecule has 5 rings (SSSR count). The number of nitrogens with two attached hydrogens (primary N) is 1. The maximum atomic E-state index is 13.3. The van der Waals surface area contributed by atoms with Crippen LogP contribution in [0, 0.1) is 5.41 Å². The molecule has 1 unspecified atom stereocenters. The van der Waals surface area contributed by atoms with E-state index in [2.05, 4.69) is 5.32 Å². The zero-order valence-electron chi connectivity index (χ0n) is 20.5. The van der Waals surface area contributed by atoms with Crippen molar-refractivity contribution in [3.8, 4) is 0 Å². The van der Waals surface area contributed by atoms with Gasteiger partial charge in [0.25, 0.3) is 17.7 Å². The third kappa shape index (κ3) is 4.99. The van der Waals surface area contributed by atoms with Crippen molar-refractivity contribution >= 4 is 34.9 Å². The quantitative estimate of drug-likeness (QED) is 0.292. The summed E-state index contributed by atoms with van der Waals surface area (Å²) >= 11 is 0. The fourth-order valence-corrected chi connectivity index (χ4v) is 4.64. The van der Waals surface area contributed by atoms with Gasteiger partial charge in [0.2, 0.25) is 0 Å². The van der Waals surface area contributed by atoms with E-state index in [9.17, 15) is 19.5 Å². The van der Waals surface area contributed by atoms with Crippen LogP contribution in [-0.4, -0.2) is 58.9 Å². The molecule has 194 valence electrons. The number of amidine groups is 1. The minimum absolute atomic E-state index is 0.105. The molecule has 0 spiro atoms. The molecule has 0 aromatic heterocycles. The third-order valence-electron chi connectivity index (χ3n) is 6.67. The Labute approximate surface area is 219 Å². The van der Waals surface area contributed by atoms with Gasteiger partial charge in [-0.1, -0.05) is 30.3 Å². The number of rotatable bonds is 6. The van der Waals surface area contributed by atoms with Gasteiger partial charge in [-0.25, -0.2) is 0 Å². The number of aliphatic hydroxyl groups is 1. The topological polar surface area (TPSA) is 149 Å². The third-order valence-corrected chi connectivity index (χ3v) is 6.67. The Morgan fingerprint density at radius 3 is 2.34 bits per heavy atom. The number of hydrogen-bond acceptors (Lipinski definition) is 6. The Hall–Kier alpha value is -4.54. The number of morpholine rings is 1. The molecular weight excluding hydrogens is 486 g/mol. The lowest BCUT2D eigenvalue weighted by Gasteiger charge is -2.34. The van der Waals surface area contributed by atoms with Crippen LogP contribution in [0.5, 0.6) is 0 Å². The summed E-state index contributed by atoms with van der Waals surface area (Å²) in [5.41, 5.74) is 9.45. The summed E-state index contributed by atoms with van der Waals surface area (Å²) in [5, 5.41) is 20.6. The first-order chi connectivity index (χ1) is 18.3. The fourth-order valence-electron chi connectivity index (χ4n) is 4.64. The summed E-state index contributed by atoms with van der Waals surface area (Å²) in [6.45, 7) is 1.36. The molecule has 10 nitrogen and oxygen atoms in total. The van der Waals surface area contributed by atoms with Gasteiger partial charge in [0.05, 0.1) is 6.61 Å². The zero-order valence-corrected chi connectivity index (χ0v) is 20.5. The molecule has 0 bridgehead atoms. The van der Waals surface area contributed by atoms with Gasteiger partial charge in [-0.05, 0) is 53.6 Å². The van der Waals surface area contributed by atoms with Crippen LogP contribution in [0.1, 0.15) is 27.0 Å². The van der Waals surface area contributed by atoms with Gasteiger partial charge in [0, 0.05) is 42.1 Å². The highest BCUT2D eigenvalue weighted by molar-refractivity contribution is 6.05. The lowest BCUT2D eigenvalue weighted by molar-refractivity contribution is -0.150. The Morgan fingerprint density at radius 2 is 1.68 bits per heavy atom. The molecule has 3 aromatic carbocycles. The Bertz CT molecular complexity index is 1380. The predicted octanol–water partition coefficient (Wildman–Crippen LogP) is 1.86. The van der Waals surface area contributed by atoms with E-state index in [1.54, 1.807) is 53.4 Å². The number of nitrogens with zero attached hydrogens (tertiary/aromatic N) is 2. The van der Waals surface area contributed by atoms with Crippen LogP contribution in [0.15, 0.2) is 72.8 Å². The maximum absolute atomic E-state index is 13.3. The van der Waals surface area contributed by atoms with Gasteiger partial charge in [0.1, 0.15) is 5.84 Å². The molecule has 2 aliphatic heterocycles. The molecule has 3 amide bonds. The summed E-state index contributed by atoms with van der Waals surface area (Å²) in [4.78, 5) is 42.3. The summed E-state index contributed by atoms with van der Waals surface area (Å²) in [5.74, 6) is -1.64. The summed E-state index contributed by atoms with van der Waals surface area (Å²) < 4.78 is 5.49. The molecule has 1 saturated heterocycles. The highest BCUT2D eigenvalue weighted by Gasteiger charge is 2.39. The number of carbonyl (C=O) groups excluding carboxylic acids is 3. The standard InChI is InChI=1S/C28H27N5O5/c29-25(30)17-8-10-21(11-9-17)31-26(35)23(34)24-28(37)33(12-13-38-24)22-7-3-6-18(14-22)27(36)32-15-19-4-1-2-5-20(19)16-32/h1-11,14,23-24,34H,12-13,15-16H2,(H3,29,30)(H,31,35)/t23?,24-/m1/s1. The first-order valence-corrected chi connectivity index (χ1v) is 12.1. The molecule has 3 aromatic rings. The number of anilines is 2. The summed E-state index contributed by atoms with van der Waals surface area (Å²) in [6.07, 6.45) is -3.17. The fraction of sp³-hybridized carbons (Fsp3) is 0.214. The first-order valence-electron chi connectivity index (χ1n) is 12.1. The van der Waals surface area contributed by atoms with Crippen LogP contribution >= 0.6 is 0 Å². The molecule has 0 radical (unpaired) electrons. The Balaban J connectivity index is 1.27. The molecule has 1 fully saturated rings. The largest absolute Gasteiger partial charge is 0.384 e. The van der Waals surface area contributed by atoms with Gasteiger partial charge < -0.3 is 30.7 Å². The number of hydrogen-bond donors (Lipinski definition) is 4. The van der Waals surface area contributed by atoms with E-state index in [0.29, 0.717) is 35.6 Å². The highest BCUT2D eigenvalue weighted by atomic mass is 16.5. The minimum Gasteiger partial charge on any atom is -0.384 e. The van der Waals surface area contributed by atoms with Crippen molar-refractivity contribution in [2.75, 3.05) is 23.4 Å². The van der Waals surface area contributed by atoms with E-state index in [4.69, 9.17) is 15.9 Å². The van der Waals surface area contributed by atoms with Gasteiger partial charge in [-0.2, -0.15) is 0 Å². The van der Waals surface area contributed by atoms with Crippen molar-refractivity contribution in [2.24, 2.45) is 5.73 Å². The van der Waals surface area contributed by atoms with E-state index in [0.717, 1.165) is 11.1 Å². The van der Waals surface area contributed by atoms with Crippen LogP contribution in [0.3, 0.4) is 0 Å². The molecule has 0 saturated carbocycles. The molecule has 0 aliphatic carbocycles. The average molecular weight is 514 g/mol. The second-order valence-electron chi connectivity index (χ2n) is 9.19. The Kier molecular flexibility index (Phi) is 6.91. The van der Waals surface area contributed by atoms with Crippen molar-refractivity contribution in [1.29, 1.82) is 5.41 Å². The lowest BCUT2D eigenvalue weighted by atomic mass is 10.1. The van der Waals surface area contributed by atoms with Gasteiger partial charge in [-0.15, -0.1) is 0 Å². The van der Waals surface area contributed by atoms with E-state index < -0.39 is 24.0 Å². The smallest absolute Gasteiger partial charge is 0.259 e. The summed E-state index contributed by atoms with van der Waals surface area (Å²) in [6, 6.07) is 20.9. The number of nitrogens with one attached hydrogen (secondary N) is 2. The SMILES string of the molecule is N=C(N)c1ccc(NC(=O)C(O)[C@H]2OCCN(c3cccc(C(=O)N4Cc5ccccc5C4)c3)C2=O)cc1. The molecule has 2 atom stereocenters. The lowest BCUT2D eigenvalue weighted by Crippen LogP contribution is -2.55. The van der Waals surface area contributed by atoms with Crippen LogP contribution in [0.25, 0.3) is 0 Å². The Morgan fingerprint density at radius 1 is 1.00 bits per heavy atom. The average Bonchev–Trinajstić information content (AvgIpc) is 3.37. The van der Waals surface area contributed by atoms with Crippen molar-refractivity contribution in [1.82, 2.24) is 4.90 Å². The summed E-state index contributed by atoms with van der Waals surface area (Å²) in [7, 11) is 0. The van der Waals surface area contributed by atoms with Crippen molar-refractivity contribution < 1.29 is 24.2 Å². The predicted molar refractivity (Wildman–Crippen MR) is 141 cm³/mol. The molecule has 2 heterocycles. The second kappa shape index (κ2) is 10.4. The maximum Gasteiger partial charge on any atom is 0.259 e. The number of ether oxygens (including phenoxy) is 1. The molecule has 5 N–H and O–H groups in total. The number of nitrogen functional groups attached to an aromatic ring is 1. The highest BCUT2D eigenvalue weighted by Crippen LogP contribution is 2.27. The number of benzene rings is 3. The van der Waals surface area contributed by atoms with E-state index >= 15 is 0 Å². The minimum atomic E-state index is -1.76. The zero-order chi connectivity index (χ0) is 26.8. The molecule has 10 heteroatoms. The molecular formula is C28H27N5O5. The van der Waals surface area contributed by atoms with Crippen LogP contribution < -0.4 is 16.0 Å². The van der Waals surface area contributed by atoms with E-state index in [1.165, 1.54) is 4.90 Å². The van der Waals surface area contributed by atoms with Crippen molar-refractivity contribution in [3.05, 3.63) is 95.1 Å². The van der Waals surface area contributed by atoms with Crippen molar-refractivity contribution in [3.63, 3.8) is 0 Å². The first kappa shape index (κ1) is 25.1. The number of amides is 3. The normalized spacial score (nSPS) is 17.6. The number of fused-ring (bicyclic) bond motifs is 1. The second-order valence-corrected chi connectivity index (χ2v) is 9.19. The van der Waals surface area contributed by atoms with Crippen LogP contribution in [0.4, 0.5) is 11.4 Å². The number of aliphatic hydroxyl groups excluding tert-OH is 1. The van der Waals surface area contributed by atoms with E-state index in [-0.39, 0.29) is 24.9 Å². The van der Waals surface area contributed by atoms with Gasteiger partial charge in [0.15, 0.2) is 12.2 Å². The van der Waals surface area contributed by atoms with Crippen molar-refractivity contribution in [2.45, 2.75) is 25.3 Å².